The van der Waals surface area contributed by atoms with Crippen molar-refractivity contribution in [2.45, 2.75) is 37.2 Å². The van der Waals surface area contributed by atoms with Crippen molar-refractivity contribution in [3.8, 4) is 11.1 Å². The van der Waals surface area contributed by atoms with Gasteiger partial charge in [0.15, 0.2) is 0 Å². The van der Waals surface area contributed by atoms with Gasteiger partial charge in [0, 0.05) is 17.0 Å². The van der Waals surface area contributed by atoms with Crippen LogP contribution in [0.2, 0.25) is 0 Å². The van der Waals surface area contributed by atoms with Gasteiger partial charge < -0.3 is 15.2 Å². The number of rotatable bonds is 7. The molecule has 1 aliphatic heterocycles. The fourth-order valence-electron chi connectivity index (χ4n) is 5.39. The summed E-state index contributed by atoms with van der Waals surface area (Å²) in [6.45, 7) is 2.43. The molecule has 1 unspecified atom stereocenters. The lowest BCUT2D eigenvalue weighted by Gasteiger charge is -2.27. The third kappa shape index (κ3) is 4.21. The molecule has 0 bridgehead atoms. The molecule has 5 rings (SSSR count). The number of nitrogens with one attached hydrogen (secondary N) is 1. The SMILES string of the molecule is O=C(OCC(CCC1CCNCC1)c1ccccc1)C1(O)c2ccccc2-c2ccccc21. The molecule has 0 amide bonds. The molecule has 0 saturated carbocycles. The number of fused-ring (bicyclic) bond motifs is 3. The molecule has 0 spiro atoms. The Morgan fingerprint density at radius 1 is 0.909 bits per heavy atom. The average Bonchev–Trinajstić information content (AvgIpc) is 3.15. The van der Waals surface area contributed by atoms with Crippen LogP contribution in [0.15, 0.2) is 78.9 Å². The van der Waals surface area contributed by atoms with E-state index in [1.54, 1.807) is 0 Å². The van der Waals surface area contributed by atoms with Crippen LogP contribution in [-0.4, -0.2) is 30.8 Å². The van der Waals surface area contributed by atoms with E-state index in [1.165, 1.54) is 18.4 Å². The smallest absolute Gasteiger partial charge is 0.347 e. The number of carbonyl (C=O) groups is 1. The van der Waals surface area contributed by atoms with E-state index in [1.807, 2.05) is 66.7 Å². The molecule has 3 aromatic carbocycles. The minimum absolute atomic E-state index is 0.112. The summed E-state index contributed by atoms with van der Waals surface area (Å²) in [7, 11) is 0. The predicted octanol–water partition coefficient (Wildman–Crippen LogP) is 5.01. The first-order valence-corrected chi connectivity index (χ1v) is 12.0. The van der Waals surface area contributed by atoms with Gasteiger partial charge in [0.05, 0.1) is 6.61 Å². The Kier molecular flexibility index (Phi) is 6.30. The van der Waals surface area contributed by atoms with Crippen LogP contribution < -0.4 is 5.32 Å². The normalized spacial score (nSPS) is 17.7. The summed E-state index contributed by atoms with van der Waals surface area (Å²) in [6, 6.07) is 25.4. The Hall–Kier alpha value is -2.95. The van der Waals surface area contributed by atoms with Gasteiger partial charge >= 0.3 is 5.97 Å². The van der Waals surface area contributed by atoms with Crippen molar-refractivity contribution < 1.29 is 14.6 Å². The van der Waals surface area contributed by atoms with Crippen molar-refractivity contribution in [3.63, 3.8) is 0 Å². The van der Waals surface area contributed by atoms with E-state index in [2.05, 4.69) is 17.4 Å². The second kappa shape index (κ2) is 9.50. The molecule has 1 fully saturated rings. The summed E-state index contributed by atoms with van der Waals surface area (Å²) in [5, 5.41) is 15.1. The number of aliphatic hydroxyl groups is 1. The van der Waals surface area contributed by atoms with Crippen LogP contribution in [0.25, 0.3) is 11.1 Å². The van der Waals surface area contributed by atoms with Gasteiger partial charge in [-0.15, -0.1) is 0 Å². The molecule has 4 nitrogen and oxygen atoms in total. The highest BCUT2D eigenvalue weighted by Crippen LogP contribution is 2.48. The second-order valence-corrected chi connectivity index (χ2v) is 9.28. The zero-order valence-electron chi connectivity index (χ0n) is 18.9. The molecular formula is C29H31NO3. The number of hydrogen-bond acceptors (Lipinski definition) is 4. The lowest BCUT2D eigenvalue weighted by molar-refractivity contribution is -0.162. The molecule has 2 N–H and O–H groups in total. The Morgan fingerprint density at radius 3 is 2.12 bits per heavy atom. The number of hydrogen-bond donors (Lipinski definition) is 2. The number of piperidine rings is 1. The van der Waals surface area contributed by atoms with E-state index in [4.69, 9.17) is 4.74 Å². The largest absolute Gasteiger partial charge is 0.462 e. The Morgan fingerprint density at radius 2 is 1.48 bits per heavy atom. The maximum Gasteiger partial charge on any atom is 0.347 e. The molecular weight excluding hydrogens is 410 g/mol. The van der Waals surface area contributed by atoms with E-state index < -0.39 is 11.6 Å². The predicted molar refractivity (Wildman–Crippen MR) is 130 cm³/mol. The molecule has 170 valence electrons. The molecule has 1 heterocycles. The summed E-state index contributed by atoms with van der Waals surface area (Å²) in [5.74, 6) is 0.231. The number of esters is 1. The Bertz CT molecular complexity index is 1060. The van der Waals surface area contributed by atoms with Crippen LogP contribution in [0.4, 0.5) is 0 Å². The van der Waals surface area contributed by atoms with Crippen molar-refractivity contribution in [3.05, 3.63) is 95.6 Å². The maximum atomic E-state index is 13.5. The van der Waals surface area contributed by atoms with Crippen LogP contribution in [0.5, 0.6) is 0 Å². The Balaban J connectivity index is 1.35. The lowest BCUT2D eigenvalue weighted by atomic mass is 9.87. The van der Waals surface area contributed by atoms with Crippen LogP contribution in [0.1, 0.15) is 48.3 Å². The van der Waals surface area contributed by atoms with Crippen LogP contribution >= 0.6 is 0 Å². The fraction of sp³-hybridized carbons (Fsp3) is 0.345. The van der Waals surface area contributed by atoms with Gasteiger partial charge in [0.2, 0.25) is 5.60 Å². The fourth-order valence-corrected chi connectivity index (χ4v) is 5.39. The molecule has 1 aliphatic carbocycles. The average molecular weight is 442 g/mol. The van der Waals surface area contributed by atoms with Gasteiger partial charge in [-0.2, -0.15) is 0 Å². The molecule has 1 atom stereocenters. The summed E-state index contributed by atoms with van der Waals surface area (Å²) >= 11 is 0. The van der Waals surface area contributed by atoms with Crippen LogP contribution in [0.3, 0.4) is 0 Å². The molecule has 33 heavy (non-hydrogen) atoms. The first-order valence-electron chi connectivity index (χ1n) is 12.0. The zero-order valence-corrected chi connectivity index (χ0v) is 18.9. The van der Waals surface area contributed by atoms with Crippen molar-refractivity contribution >= 4 is 5.97 Å². The standard InChI is InChI=1S/C29H31NO3/c31-28(29(32)26-12-6-4-10-24(26)25-11-5-7-13-27(25)29)33-20-23(22-8-2-1-3-9-22)15-14-21-16-18-30-19-17-21/h1-13,21,23,30,32H,14-20H2. The highest BCUT2D eigenvalue weighted by Gasteiger charge is 2.49. The van der Waals surface area contributed by atoms with Gasteiger partial charge in [-0.05, 0) is 61.4 Å². The molecule has 3 aromatic rings. The number of benzene rings is 3. The van der Waals surface area contributed by atoms with Gasteiger partial charge in [-0.1, -0.05) is 78.9 Å². The third-order valence-corrected chi connectivity index (χ3v) is 7.29. The van der Waals surface area contributed by atoms with Gasteiger partial charge in [-0.25, -0.2) is 4.79 Å². The monoisotopic (exact) mass is 441 g/mol. The van der Waals surface area contributed by atoms with Gasteiger partial charge in [0.25, 0.3) is 0 Å². The molecule has 4 heteroatoms. The van der Waals surface area contributed by atoms with Crippen LogP contribution in [-0.2, 0) is 15.1 Å². The first-order chi connectivity index (χ1) is 16.2. The first kappa shape index (κ1) is 21.9. The lowest BCUT2D eigenvalue weighted by Crippen LogP contribution is -2.37. The molecule has 1 saturated heterocycles. The molecule has 2 aliphatic rings. The summed E-state index contributed by atoms with van der Waals surface area (Å²) in [5.41, 5.74) is 2.38. The van der Waals surface area contributed by atoms with Gasteiger partial charge in [-0.3, -0.25) is 0 Å². The third-order valence-electron chi connectivity index (χ3n) is 7.29. The van der Waals surface area contributed by atoms with Crippen LogP contribution in [0, 0.1) is 5.92 Å². The van der Waals surface area contributed by atoms with Crippen molar-refractivity contribution in [1.29, 1.82) is 0 Å². The minimum atomic E-state index is -1.77. The number of ether oxygens (including phenoxy) is 1. The second-order valence-electron chi connectivity index (χ2n) is 9.28. The summed E-state index contributed by atoms with van der Waals surface area (Å²) in [6.07, 6.45) is 4.49. The quantitative estimate of drug-likeness (QED) is 0.506. The van der Waals surface area contributed by atoms with E-state index in [9.17, 15) is 9.90 Å². The zero-order chi connectivity index (χ0) is 22.7. The van der Waals surface area contributed by atoms with E-state index in [0.717, 1.165) is 37.1 Å². The van der Waals surface area contributed by atoms with Gasteiger partial charge in [0.1, 0.15) is 0 Å². The number of carbonyl (C=O) groups excluding carboxylic acids is 1. The highest BCUT2D eigenvalue weighted by molar-refractivity contribution is 5.96. The van der Waals surface area contributed by atoms with E-state index in [0.29, 0.717) is 17.0 Å². The van der Waals surface area contributed by atoms with E-state index in [-0.39, 0.29) is 12.5 Å². The Labute approximate surface area is 195 Å². The van der Waals surface area contributed by atoms with E-state index >= 15 is 0 Å². The highest BCUT2D eigenvalue weighted by atomic mass is 16.5. The summed E-state index contributed by atoms with van der Waals surface area (Å²) in [4.78, 5) is 13.5. The minimum Gasteiger partial charge on any atom is -0.462 e. The molecule has 0 radical (unpaired) electrons. The maximum absolute atomic E-state index is 13.5. The molecule has 0 aromatic heterocycles. The summed E-state index contributed by atoms with van der Waals surface area (Å²) < 4.78 is 5.90. The van der Waals surface area contributed by atoms with Crippen molar-refractivity contribution in [2.24, 2.45) is 5.92 Å². The van der Waals surface area contributed by atoms with Crippen molar-refractivity contribution in [2.75, 3.05) is 19.7 Å². The van der Waals surface area contributed by atoms with Crippen molar-refractivity contribution in [1.82, 2.24) is 5.32 Å². The topological polar surface area (TPSA) is 58.6 Å².